The third kappa shape index (κ3) is 3.76. The Bertz CT molecular complexity index is 419. The second-order valence-electron chi connectivity index (χ2n) is 4.98. The molecule has 0 radical (unpaired) electrons. The fourth-order valence-electron chi connectivity index (χ4n) is 2.62. The van der Waals surface area contributed by atoms with Gasteiger partial charge in [0.25, 0.3) is 0 Å². The Labute approximate surface area is 112 Å². The molecule has 6 nitrogen and oxygen atoms in total. The smallest absolute Gasteiger partial charge is 0.310 e. The Balaban J connectivity index is 1.95. The van der Waals surface area contributed by atoms with E-state index in [2.05, 4.69) is 15.5 Å². The SMILES string of the molecule is COC(=O)C1CCCCCC1NCc1noc(C)n1. The lowest BCUT2D eigenvalue weighted by Gasteiger charge is -2.23. The minimum atomic E-state index is -0.122. The van der Waals surface area contributed by atoms with Crippen molar-refractivity contribution in [2.24, 2.45) is 5.92 Å². The molecule has 6 heteroatoms. The van der Waals surface area contributed by atoms with Crippen LogP contribution in [0, 0.1) is 12.8 Å². The van der Waals surface area contributed by atoms with E-state index in [1.165, 1.54) is 13.5 Å². The molecule has 0 aromatic carbocycles. The standard InChI is InChI=1S/C13H21N3O3/c1-9-15-12(16-19-9)8-14-11-7-5-3-4-6-10(11)13(17)18-2/h10-11,14H,3-8H2,1-2H3. The second-order valence-corrected chi connectivity index (χ2v) is 4.98. The second kappa shape index (κ2) is 6.65. The van der Waals surface area contributed by atoms with Crippen LogP contribution in [0.2, 0.25) is 0 Å². The quantitative estimate of drug-likeness (QED) is 0.659. The molecule has 1 heterocycles. The van der Waals surface area contributed by atoms with Gasteiger partial charge in [0, 0.05) is 13.0 Å². The topological polar surface area (TPSA) is 77.2 Å². The van der Waals surface area contributed by atoms with Crippen LogP contribution in [0.15, 0.2) is 4.52 Å². The molecule has 1 aliphatic carbocycles. The van der Waals surface area contributed by atoms with Crippen molar-refractivity contribution in [1.82, 2.24) is 15.5 Å². The van der Waals surface area contributed by atoms with Gasteiger partial charge in [-0.15, -0.1) is 0 Å². The largest absolute Gasteiger partial charge is 0.469 e. The van der Waals surface area contributed by atoms with Gasteiger partial charge in [-0.25, -0.2) is 0 Å². The van der Waals surface area contributed by atoms with Gasteiger partial charge in [-0.2, -0.15) is 4.98 Å². The van der Waals surface area contributed by atoms with E-state index < -0.39 is 0 Å². The average molecular weight is 267 g/mol. The molecule has 0 saturated heterocycles. The van der Waals surface area contributed by atoms with Crippen LogP contribution in [0.25, 0.3) is 0 Å². The van der Waals surface area contributed by atoms with Crippen LogP contribution in [0.3, 0.4) is 0 Å². The predicted octanol–water partition coefficient (Wildman–Crippen LogP) is 1.59. The fourth-order valence-corrected chi connectivity index (χ4v) is 2.62. The fraction of sp³-hybridized carbons (Fsp3) is 0.769. The summed E-state index contributed by atoms with van der Waals surface area (Å²) in [6.45, 7) is 2.29. The number of carbonyl (C=O) groups is 1. The third-order valence-electron chi connectivity index (χ3n) is 3.61. The molecule has 0 bridgehead atoms. The number of carbonyl (C=O) groups excluding carboxylic acids is 1. The molecular weight excluding hydrogens is 246 g/mol. The molecule has 1 fully saturated rings. The van der Waals surface area contributed by atoms with E-state index in [0.717, 1.165) is 25.7 Å². The maximum absolute atomic E-state index is 11.8. The van der Waals surface area contributed by atoms with Crippen LogP contribution in [0.5, 0.6) is 0 Å². The molecule has 0 amide bonds. The van der Waals surface area contributed by atoms with E-state index in [1.54, 1.807) is 6.92 Å². The van der Waals surface area contributed by atoms with Crippen LogP contribution >= 0.6 is 0 Å². The summed E-state index contributed by atoms with van der Waals surface area (Å²) in [5.74, 6) is 0.997. The van der Waals surface area contributed by atoms with Crippen molar-refractivity contribution in [1.29, 1.82) is 0 Å². The molecule has 1 aromatic rings. The summed E-state index contributed by atoms with van der Waals surface area (Å²) in [6.07, 6.45) is 5.26. The van der Waals surface area contributed by atoms with Gasteiger partial charge < -0.3 is 14.6 Å². The summed E-state index contributed by atoms with van der Waals surface area (Å²) in [6, 6.07) is 0.133. The highest BCUT2D eigenvalue weighted by molar-refractivity contribution is 5.73. The highest BCUT2D eigenvalue weighted by Crippen LogP contribution is 2.24. The van der Waals surface area contributed by atoms with Crippen LogP contribution in [-0.4, -0.2) is 29.3 Å². The molecule has 2 atom stereocenters. The number of nitrogens with one attached hydrogen (secondary N) is 1. The number of rotatable bonds is 4. The molecule has 19 heavy (non-hydrogen) atoms. The third-order valence-corrected chi connectivity index (χ3v) is 3.61. The minimum absolute atomic E-state index is 0.0690. The summed E-state index contributed by atoms with van der Waals surface area (Å²) < 4.78 is 9.83. The van der Waals surface area contributed by atoms with E-state index in [1.807, 2.05) is 0 Å². The van der Waals surface area contributed by atoms with Gasteiger partial charge in [-0.3, -0.25) is 4.79 Å². The number of aromatic nitrogens is 2. The summed E-state index contributed by atoms with van der Waals surface area (Å²) in [7, 11) is 1.45. The first-order chi connectivity index (χ1) is 9.20. The lowest BCUT2D eigenvalue weighted by Crippen LogP contribution is -2.39. The van der Waals surface area contributed by atoms with Crippen molar-refractivity contribution in [2.45, 2.75) is 51.6 Å². The van der Waals surface area contributed by atoms with Crippen LogP contribution in [0.4, 0.5) is 0 Å². The van der Waals surface area contributed by atoms with Gasteiger partial charge in [0.2, 0.25) is 5.89 Å². The number of methoxy groups -OCH3 is 1. The Hall–Kier alpha value is -1.43. The average Bonchev–Trinajstić information content (AvgIpc) is 2.69. The number of hydrogen-bond acceptors (Lipinski definition) is 6. The molecule has 1 N–H and O–H groups in total. The van der Waals surface area contributed by atoms with Crippen LogP contribution in [-0.2, 0) is 16.1 Å². The number of ether oxygens (including phenoxy) is 1. The van der Waals surface area contributed by atoms with Crippen molar-refractivity contribution in [3.8, 4) is 0 Å². The van der Waals surface area contributed by atoms with Gasteiger partial charge in [-0.05, 0) is 12.8 Å². The Morgan fingerprint density at radius 2 is 2.21 bits per heavy atom. The van der Waals surface area contributed by atoms with Gasteiger partial charge in [-0.1, -0.05) is 24.4 Å². The molecule has 0 aliphatic heterocycles. The zero-order valence-corrected chi connectivity index (χ0v) is 11.5. The Morgan fingerprint density at radius 1 is 1.42 bits per heavy atom. The van der Waals surface area contributed by atoms with Crippen LogP contribution < -0.4 is 5.32 Å². The summed E-state index contributed by atoms with van der Waals surface area (Å²) in [5.41, 5.74) is 0. The van der Waals surface area contributed by atoms with Crippen molar-refractivity contribution >= 4 is 5.97 Å². The minimum Gasteiger partial charge on any atom is -0.469 e. The van der Waals surface area contributed by atoms with E-state index >= 15 is 0 Å². The van der Waals surface area contributed by atoms with Crippen LogP contribution in [0.1, 0.15) is 43.8 Å². The summed E-state index contributed by atoms with van der Waals surface area (Å²) >= 11 is 0. The number of nitrogens with zero attached hydrogens (tertiary/aromatic N) is 2. The molecule has 0 spiro atoms. The normalized spacial score (nSPS) is 23.9. The van der Waals surface area contributed by atoms with Gasteiger partial charge in [0.1, 0.15) is 0 Å². The van der Waals surface area contributed by atoms with Crippen molar-refractivity contribution in [3.05, 3.63) is 11.7 Å². The molecule has 1 saturated carbocycles. The first kappa shape index (κ1) is 14.0. The summed E-state index contributed by atoms with van der Waals surface area (Å²) in [5, 5.41) is 7.22. The van der Waals surface area contributed by atoms with E-state index in [0.29, 0.717) is 18.3 Å². The highest BCUT2D eigenvalue weighted by Gasteiger charge is 2.30. The maximum atomic E-state index is 11.8. The maximum Gasteiger partial charge on any atom is 0.310 e. The Kier molecular flexibility index (Phi) is 4.90. The lowest BCUT2D eigenvalue weighted by atomic mass is 9.95. The van der Waals surface area contributed by atoms with Gasteiger partial charge in [0.05, 0.1) is 19.6 Å². The first-order valence-corrected chi connectivity index (χ1v) is 6.81. The molecule has 1 aliphatic rings. The molecular formula is C13H21N3O3. The monoisotopic (exact) mass is 267 g/mol. The predicted molar refractivity (Wildman–Crippen MR) is 68.3 cm³/mol. The zero-order chi connectivity index (χ0) is 13.7. The first-order valence-electron chi connectivity index (χ1n) is 6.81. The van der Waals surface area contributed by atoms with Gasteiger partial charge >= 0.3 is 5.97 Å². The van der Waals surface area contributed by atoms with Crippen molar-refractivity contribution in [2.75, 3.05) is 7.11 Å². The highest BCUT2D eigenvalue weighted by atomic mass is 16.5. The zero-order valence-electron chi connectivity index (χ0n) is 11.5. The molecule has 106 valence electrons. The van der Waals surface area contributed by atoms with Crippen molar-refractivity contribution < 1.29 is 14.1 Å². The number of esters is 1. The van der Waals surface area contributed by atoms with Gasteiger partial charge in [0.15, 0.2) is 5.82 Å². The van der Waals surface area contributed by atoms with E-state index in [9.17, 15) is 4.79 Å². The van der Waals surface area contributed by atoms with Crippen molar-refractivity contribution in [3.63, 3.8) is 0 Å². The lowest BCUT2D eigenvalue weighted by molar-refractivity contribution is -0.146. The molecule has 2 unspecified atom stereocenters. The Morgan fingerprint density at radius 3 is 2.89 bits per heavy atom. The van der Waals surface area contributed by atoms with E-state index in [4.69, 9.17) is 9.26 Å². The molecule has 1 aromatic heterocycles. The molecule has 2 rings (SSSR count). The number of aryl methyl sites for hydroxylation is 1. The van der Waals surface area contributed by atoms with E-state index in [-0.39, 0.29) is 17.9 Å². The number of hydrogen-bond donors (Lipinski definition) is 1. The summed E-state index contributed by atoms with van der Waals surface area (Å²) in [4.78, 5) is 16.0.